The molecule has 5 atom stereocenters. The second kappa shape index (κ2) is 15.9. The Morgan fingerprint density at radius 2 is 1.61 bits per heavy atom. The molecule has 0 aliphatic carbocycles. The van der Waals surface area contributed by atoms with Crippen LogP contribution >= 0.6 is 11.8 Å². The van der Waals surface area contributed by atoms with Crippen LogP contribution in [-0.4, -0.2) is 71.5 Å². The molecule has 0 aliphatic heterocycles. The molecule has 11 heteroatoms. The molecule has 10 nitrogen and oxygen atoms in total. The van der Waals surface area contributed by atoms with E-state index in [1.165, 1.54) is 18.7 Å². The topological polar surface area (TPSA) is 177 Å². The maximum absolute atomic E-state index is 12.9. The first-order valence-electron chi connectivity index (χ1n) is 10.7. The number of hydrogen-bond acceptors (Lipinski definition) is 7. The van der Waals surface area contributed by atoms with Gasteiger partial charge >= 0.3 is 5.97 Å². The molecule has 0 saturated carbocycles. The molecule has 0 heterocycles. The first-order valence-corrected chi connectivity index (χ1v) is 12.1. The molecular formula is C20H39N5O5S. The number of carboxylic acids is 1. The highest BCUT2D eigenvalue weighted by Gasteiger charge is 2.31. The van der Waals surface area contributed by atoms with E-state index < -0.39 is 47.9 Å². The SMILES string of the molecule is CCC(C)C(NC(=O)C(CCSC)NC(=O)C(N)CCCCN)C(=O)NC(C)C(=O)O. The van der Waals surface area contributed by atoms with Gasteiger partial charge in [-0.25, -0.2) is 0 Å². The lowest BCUT2D eigenvalue weighted by Gasteiger charge is -2.27. The molecule has 0 radical (unpaired) electrons. The molecular weight excluding hydrogens is 422 g/mol. The fourth-order valence-electron chi connectivity index (χ4n) is 2.74. The summed E-state index contributed by atoms with van der Waals surface area (Å²) in [5.74, 6) is -2.29. The largest absolute Gasteiger partial charge is 0.480 e. The minimum Gasteiger partial charge on any atom is -0.480 e. The predicted octanol–water partition coefficient (Wildman–Crippen LogP) is -0.199. The number of thioether (sulfide) groups is 1. The summed E-state index contributed by atoms with van der Waals surface area (Å²) >= 11 is 1.53. The van der Waals surface area contributed by atoms with Crippen LogP contribution in [0.5, 0.6) is 0 Å². The predicted molar refractivity (Wildman–Crippen MR) is 122 cm³/mol. The summed E-state index contributed by atoms with van der Waals surface area (Å²) in [6.07, 6.45) is 4.79. The minimum absolute atomic E-state index is 0.236. The molecule has 0 fully saturated rings. The van der Waals surface area contributed by atoms with Crippen LogP contribution in [0, 0.1) is 5.92 Å². The molecule has 0 bridgehead atoms. The molecule has 0 rings (SSSR count). The Bertz CT molecular complexity index is 592. The van der Waals surface area contributed by atoms with Gasteiger partial charge in [-0.3, -0.25) is 19.2 Å². The third-order valence-corrected chi connectivity index (χ3v) is 5.72. The fourth-order valence-corrected chi connectivity index (χ4v) is 3.22. The molecule has 0 aromatic heterocycles. The van der Waals surface area contributed by atoms with Gasteiger partial charge in [0.2, 0.25) is 17.7 Å². The normalized spacial score (nSPS) is 15.8. The van der Waals surface area contributed by atoms with Gasteiger partial charge in [0.25, 0.3) is 0 Å². The summed E-state index contributed by atoms with van der Waals surface area (Å²) in [6, 6.07) is -3.61. The van der Waals surface area contributed by atoms with Crippen LogP contribution in [0.4, 0.5) is 0 Å². The number of hydrogen-bond donors (Lipinski definition) is 6. The van der Waals surface area contributed by atoms with E-state index in [1.807, 2.05) is 13.2 Å². The van der Waals surface area contributed by atoms with E-state index >= 15 is 0 Å². The second-order valence-corrected chi connectivity index (χ2v) is 8.66. The Balaban J connectivity index is 5.26. The second-order valence-electron chi connectivity index (χ2n) is 7.67. The summed E-state index contributed by atoms with van der Waals surface area (Å²) in [6.45, 7) is 5.53. The Morgan fingerprint density at radius 1 is 0.968 bits per heavy atom. The van der Waals surface area contributed by atoms with E-state index in [4.69, 9.17) is 16.6 Å². The monoisotopic (exact) mass is 461 g/mol. The lowest BCUT2D eigenvalue weighted by Crippen LogP contribution is -2.58. The van der Waals surface area contributed by atoms with Crippen molar-refractivity contribution in [1.29, 1.82) is 0 Å². The summed E-state index contributed by atoms with van der Waals surface area (Å²) in [5.41, 5.74) is 11.4. The van der Waals surface area contributed by atoms with E-state index in [2.05, 4.69) is 16.0 Å². The van der Waals surface area contributed by atoms with Crippen molar-refractivity contribution in [3.05, 3.63) is 0 Å². The highest BCUT2D eigenvalue weighted by atomic mass is 32.2. The van der Waals surface area contributed by atoms with E-state index in [0.29, 0.717) is 38.0 Å². The van der Waals surface area contributed by atoms with E-state index in [9.17, 15) is 19.2 Å². The van der Waals surface area contributed by atoms with Gasteiger partial charge in [0.15, 0.2) is 0 Å². The Morgan fingerprint density at radius 3 is 2.13 bits per heavy atom. The molecule has 0 spiro atoms. The van der Waals surface area contributed by atoms with Gasteiger partial charge in [-0.15, -0.1) is 0 Å². The van der Waals surface area contributed by atoms with Crippen molar-refractivity contribution in [2.45, 2.75) is 77.0 Å². The molecule has 8 N–H and O–H groups in total. The number of aliphatic carboxylic acids is 1. The van der Waals surface area contributed by atoms with Gasteiger partial charge < -0.3 is 32.5 Å². The highest BCUT2D eigenvalue weighted by Crippen LogP contribution is 2.10. The number of unbranched alkanes of at least 4 members (excludes halogenated alkanes) is 1. The van der Waals surface area contributed by atoms with Gasteiger partial charge in [-0.2, -0.15) is 11.8 Å². The number of amides is 3. The van der Waals surface area contributed by atoms with Crippen molar-refractivity contribution in [2.24, 2.45) is 17.4 Å². The third kappa shape index (κ3) is 11.4. The molecule has 3 amide bonds. The number of carbonyl (C=O) groups excluding carboxylic acids is 3. The van der Waals surface area contributed by atoms with E-state index in [-0.39, 0.29) is 5.92 Å². The molecule has 0 aromatic rings. The van der Waals surface area contributed by atoms with Crippen LogP contribution in [-0.2, 0) is 19.2 Å². The van der Waals surface area contributed by atoms with Crippen LogP contribution in [0.3, 0.4) is 0 Å². The zero-order chi connectivity index (χ0) is 24.0. The van der Waals surface area contributed by atoms with Gasteiger partial charge in [0, 0.05) is 0 Å². The van der Waals surface area contributed by atoms with Crippen molar-refractivity contribution in [3.63, 3.8) is 0 Å². The number of nitrogens with one attached hydrogen (secondary N) is 3. The molecule has 0 aromatic carbocycles. The minimum atomic E-state index is -1.17. The average molecular weight is 462 g/mol. The van der Waals surface area contributed by atoms with Crippen LogP contribution < -0.4 is 27.4 Å². The Kier molecular flexibility index (Phi) is 14.9. The zero-order valence-electron chi connectivity index (χ0n) is 19.0. The summed E-state index contributed by atoms with van der Waals surface area (Å²) in [5, 5.41) is 16.8. The van der Waals surface area contributed by atoms with Crippen molar-refractivity contribution >= 4 is 35.5 Å². The van der Waals surface area contributed by atoms with Gasteiger partial charge in [0.1, 0.15) is 18.1 Å². The smallest absolute Gasteiger partial charge is 0.325 e. The lowest BCUT2D eigenvalue weighted by molar-refractivity contribution is -0.142. The van der Waals surface area contributed by atoms with Gasteiger partial charge in [0.05, 0.1) is 6.04 Å². The first-order chi connectivity index (χ1) is 14.6. The Labute approximate surface area is 189 Å². The maximum Gasteiger partial charge on any atom is 0.325 e. The average Bonchev–Trinajstić information content (AvgIpc) is 2.73. The number of nitrogens with two attached hydrogens (primary N) is 2. The summed E-state index contributed by atoms with van der Waals surface area (Å²) in [4.78, 5) is 49.0. The van der Waals surface area contributed by atoms with Crippen LogP contribution in [0.15, 0.2) is 0 Å². The molecule has 180 valence electrons. The van der Waals surface area contributed by atoms with E-state index in [1.54, 1.807) is 6.92 Å². The molecule has 31 heavy (non-hydrogen) atoms. The Hall–Kier alpha value is -1.85. The fraction of sp³-hybridized carbons (Fsp3) is 0.800. The summed E-state index contributed by atoms with van der Waals surface area (Å²) < 4.78 is 0. The number of carboxylic acid groups (broad SMARTS) is 1. The number of carbonyl (C=O) groups is 4. The first kappa shape index (κ1) is 29.1. The van der Waals surface area contributed by atoms with Crippen LogP contribution in [0.1, 0.15) is 52.9 Å². The molecule has 0 aliphatic rings. The third-order valence-electron chi connectivity index (χ3n) is 5.07. The molecule has 0 saturated heterocycles. The highest BCUT2D eigenvalue weighted by molar-refractivity contribution is 7.98. The quantitative estimate of drug-likeness (QED) is 0.171. The van der Waals surface area contributed by atoms with Crippen LogP contribution in [0.2, 0.25) is 0 Å². The molecule has 5 unspecified atom stereocenters. The van der Waals surface area contributed by atoms with E-state index in [0.717, 1.165) is 6.42 Å². The van der Waals surface area contributed by atoms with Gasteiger partial charge in [-0.05, 0) is 50.7 Å². The lowest BCUT2D eigenvalue weighted by atomic mass is 9.97. The zero-order valence-corrected chi connectivity index (χ0v) is 19.8. The van der Waals surface area contributed by atoms with Gasteiger partial charge in [-0.1, -0.05) is 26.7 Å². The standard InChI is InChI=1S/C20H39N5O5S/c1-5-12(2)16(19(28)23-13(3)20(29)30)25-18(27)15(9-11-31-4)24-17(26)14(22)8-6-7-10-21/h12-16H,5-11,21-22H2,1-4H3,(H,23,28)(H,24,26)(H,25,27)(H,29,30). The van der Waals surface area contributed by atoms with Crippen molar-refractivity contribution < 1.29 is 24.3 Å². The van der Waals surface area contributed by atoms with Crippen molar-refractivity contribution in [3.8, 4) is 0 Å². The maximum atomic E-state index is 12.9. The van der Waals surface area contributed by atoms with Crippen LogP contribution in [0.25, 0.3) is 0 Å². The summed E-state index contributed by atoms with van der Waals surface area (Å²) in [7, 11) is 0. The van der Waals surface area contributed by atoms with Crippen molar-refractivity contribution in [2.75, 3.05) is 18.6 Å². The van der Waals surface area contributed by atoms with Crippen molar-refractivity contribution in [1.82, 2.24) is 16.0 Å². The number of rotatable bonds is 16.